The topological polar surface area (TPSA) is 74.2 Å². The monoisotopic (exact) mass is 193 g/mol. The van der Waals surface area contributed by atoms with Gasteiger partial charge in [0.25, 0.3) is 0 Å². The van der Waals surface area contributed by atoms with Crippen molar-refractivity contribution in [2.24, 2.45) is 0 Å². The second kappa shape index (κ2) is 3.73. The van der Waals surface area contributed by atoms with Crippen molar-refractivity contribution < 1.29 is 9.90 Å². The first-order chi connectivity index (χ1) is 6.77. The highest BCUT2D eigenvalue weighted by Crippen LogP contribution is 2.20. The van der Waals surface area contributed by atoms with Crippen LogP contribution in [0.4, 0.5) is 0 Å². The number of hydrazine groups is 1. The van der Waals surface area contributed by atoms with Gasteiger partial charge in [-0.1, -0.05) is 6.07 Å². The molecule has 0 amide bonds. The van der Waals surface area contributed by atoms with Crippen LogP contribution >= 0.6 is 0 Å². The third kappa shape index (κ3) is 1.73. The van der Waals surface area contributed by atoms with Gasteiger partial charge in [-0.2, -0.15) is 0 Å². The van der Waals surface area contributed by atoms with Gasteiger partial charge in [-0.15, -0.1) is 0 Å². The summed E-state index contributed by atoms with van der Waals surface area (Å²) >= 11 is 0. The van der Waals surface area contributed by atoms with Crippen LogP contribution in [-0.2, 0) is 4.79 Å². The summed E-state index contributed by atoms with van der Waals surface area (Å²) < 4.78 is 0. The Morgan fingerprint density at radius 1 is 1.57 bits per heavy atom. The molecule has 1 aliphatic rings. The summed E-state index contributed by atoms with van der Waals surface area (Å²) in [4.78, 5) is 14.6. The zero-order valence-electron chi connectivity index (χ0n) is 7.47. The van der Waals surface area contributed by atoms with Gasteiger partial charge >= 0.3 is 5.97 Å². The first kappa shape index (κ1) is 9.11. The van der Waals surface area contributed by atoms with Crippen molar-refractivity contribution >= 4 is 5.97 Å². The smallest absolute Gasteiger partial charge is 0.322 e. The van der Waals surface area contributed by atoms with Crippen molar-refractivity contribution in [2.45, 2.75) is 18.5 Å². The molecule has 1 aromatic heterocycles. The lowest BCUT2D eigenvalue weighted by Gasteiger charge is -2.07. The molecule has 0 bridgehead atoms. The number of carbonyl (C=O) groups is 1. The number of carboxylic acids is 1. The molecule has 2 rings (SSSR count). The van der Waals surface area contributed by atoms with Crippen LogP contribution in [0.25, 0.3) is 0 Å². The molecule has 74 valence electrons. The Hall–Kier alpha value is -1.46. The first-order valence-electron chi connectivity index (χ1n) is 4.41. The highest BCUT2D eigenvalue weighted by Gasteiger charge is 2.29. The highest BCUT2D eigenvalue weighted by atomic mass is 16.4. The number of aliphatic carboxylic acids is 1. The van der Waals surface area contributed by atoms with Crippen molar-refractivity contribution in [3.8, 4) is 0 Å². The Balaban J connectivity index is 2.06. The van der Waals surface area contributed by atoms with Gasteiger partial charge in [0.1, 0.15) is 6.04 Å². The summed E-state index contributed by atoms with van der Waals surface area (Å²) in [6.45, 7) is 0. The van der Waals surface area contributed by atoms with E-state index < -0.39 is 12.0 Å². The van der Waals surface area contributed by atoms with Crippen molar-refractivity contribution in [3.63, 3.8) is 0 Å². The van der Waals surface area contributed by atoms with Crippen LogP contribution in [0.15, 0.2) is 24.5 Å². The molecule has 5 nitrogen and oxygen atoms in total. The van der Waals surface area contributed by atoms with Crippen LogP contribution in [0.2, 0.25) is 0 Å². The maximum Gasteiger partial charge on any atom is 0.322 e. The lowest BCUT2D eigenvalue weighted by Crippen LogP contribution is -2.36. The van der Waals surface area contributed by atoms with Gasteiger partial charge in [-0.25, -0.2) is 10.9 Å². The van der Waals surface area contributed by atoms with Crippen LogP contribution in [-0.4, -0.2) is 22.1 Å². The molecular weight excluding hydrogens is 182 g/mol. The second-order valence-corrected chi connectivity index (χ2v) is 3.25. The fourth-order valence-corrected chi connectivity index (χ4v) is 1.52. The third-order valence-corrected chi connectivity index (χ3v) is 2.29. The van der Waals surface area contributed by atoms with Gasteiger partial charge in [0.2, 0.25) is 0 Å². The van der Waals surface area contributed by atoms with Crippen molar-refractivity contribution in [1.29, 1.82) is 0 Å². The summed E-state index contributed by atoms with van der Waals surface area (Å²) in [5.41, 5.74) is 6.66. The quantitative estimate of drug-likeness (QED) is 0.620. The van der Waals surface area contributed by atoms with E-state index >= 15 is 0 Å². The number of pyridine rings is 1. The maximum absolute atomic E-state index is 10.7. The van der Waals surface area contributed by atoms with Gasteiger partial charge in [0.15, 0.2) is 0 Å². The Bertz CT molecular complexity index is 328. The molecule has 0 spiro atoms. The molecule has 0 saturated carbocycles. The molecule has 1 fully saturated rings. The van der Waals surface area contributed by atoms with E-state index in [0.29, 0.717) is 6.42 Å². The predicted molar refractivity (Wildman–Crippen MR) is 49.3 cm³/mol. The van der Waals surface area contributed by atoms with Gasteiger partial charge in [-0.3, -0.25) is 9.78 Å². The van der Waals surface area contributed by atoms with E-state index in [4.69, 9.17) is 5.11 Å². The number of carboxylic acid groups (broad SMARTS) is 1. The lowest BCUT2D eigenvalue weighted by molar-refractivity contribution is -0.139. The van der Waals surface area contributed by atoms with Crippen molar-refractivity contribution in [2.75, 3.05) is 0 Å². The van der Waals surface area contributed by atoms with E-state index in [2.05, 4.69) is 15.8 Å². The molecule has 0 radical (unpaired) electrons. The first-order valence-corrected chi connectivity index (χ1v) is 4.41. The minimum atomic E-state index is -0.830. The summed E-state index contributed by atoms with van der Waals surface area (Å²) in [5.74, 6) is -0.830. The van der Waals surface area contributed by atoms with Crippen LogP contribution in [0.5, 0.6) is 0 Å². The Labute approximate surface area is 81.1 Å². The molecule has 1 saturated heterocycles. The van der Waals surface area contributed by atoms with E-state index in [1.807, 2.05) is 12.1 Å². The molecule has 1 aliphatic heterocycles. The van der Waals surface area contributed by atoms with Gasteiger partial charge in [0.05, 0.1) is 0 Å². The molecule has 1 aromatic rings. The normalized spacial score (nSPS) is 26.3. The fourth-order valence-electron chi connectivity index (χ4n) is 1.52. The largest absolute Gasteiger partial charge is 0.480 e. The molecule has 14 heavy (non-hydrogen) atoms. The average molecular weight is 193 g/mol. The van der Waals surface area contributed by atoms with Crippen molar-refractivity contribution in [1.82, 2.24) is 15.8 Å². The minimum Gasteiger partial charge on any atom is -0.480 e. The van der Waals surface area contributed by atoms with E-state index in [1.165, 1.54) is 0 Å². The average Bonchev–Trinajstić information content (AvgIpc) is 2.68. The summed E-state index contributed by atoms with van der Waals surface area (Å²) in [6.07, 6.45) is 3.98. The molecule has 5 heteroatoms. The van der Waals surface area contributed by atoms with Crippen LogP contribution in [0.1, 0.15) is 18.0 Å². The zero-order valence-corrected chi connectivity index (χ0v) is 7.47. The van der Waals surface area contributed by atoms with Gasteiger partial charge < -0.3 is 5.11 Å². The maximum atomic E-state index is 10.7. The Morgan fingerprint density at radius 2 is 2.43 bits per heavy atom. The Morgan fingerprint density at radius 3 is 3.00 bits per heavy atom. The Kier molecular flexibility index (Phi) is 2.43. The number of hydrogen-bond donors (Lipinski definition) is 3. The third-order valence-electron chi connectivity index (χ3n) is 2.29. The summed E-state index contributed by atoms with van der Waals surface area (Å²) in [5, 5.41) is 8.76. The van der Waals surface area contributed by atoms with Crippen LogP contribution in [0, 0.1) is 0 Å². The second-order valence-electron chi connectivity index (χ2n) is 3.25. The molecule has 3 N–H and O–H groups in total. The van der Waals surface area contributed by atoms with E-state index in [1.54, 1.807) is 12.4 Å². The molecular formula is C9H11N3O2. The molecule has 2 atom stereocenters. The lowest BCUT2D eigenvalue weighted by atomic mass is 10.0. The van der Waals surface area contributed by atoms with E-state index in [0.717, 1.165) is 5.56 Å². The van der Waals surface area contributed by atoms with Crippen LogP contribution in [0.3, 0.4) is 0 Å². The van der Waals surface area contributed by atoms with Gasteiger partial charge in [-0.05, 0) is 18.1 Å². The van der Waals surface area contributed by atoms with E-state index in [-0.39, 0.29) is 6.04 Å². The van der Waals surface area contributed by atoms with Gasteiger partial charge in [0, 0.05) is 18.4 Å². The number of hydrogen-bond acceptors (Lipinski definition) is 4. The number of aromatic nitrogens is 1. The SMILES string of the molecule is O=C(O)C1CC(c2cccnc2)NN1. The number of nitrogens with zero attached hydrogens (tertiary/aromatic N) is 1. The van der Waals surface area contributed by atoms with E-state index in [9.17, 15) is 4.79 Å². The molecule has 0 aliphatic carbocycles. The number of nitrogens with one attached hydrogen (secondary N) is 2. The molecule has 2 heterocycles. The highest BCUT2D eigenvalue weighted by molar-refractivity contribution is 5.73. The number of rotatable bonds is 2. The summed E-state index contributed by atoms with van der Waals surface area (Å²) in [6, 6.07) is 3.28. The van der Waals surface area contributed by atoms with Crippen LogP contribution < -0.4 is 10.9 Å². The van der Waals surface area contributed by atoms with Crippen molar-refractivity contribution in [3.05, 3.63) is 30.1 Å². The molecule has 2 unspecified atom stereocenters. The predicted octanol–water partition coefficient (Wildman–Crippen LogP) is 0.0738. The summed E-state index contributed by atoms with van der Waals surface area (Å²) in [7, 11) is 0. The zero-order chi connectivity index (χ0) is 9.97. The standard InChI is InChI=1S/C9H11N3O2/c13-9(14)8-4-7(11-12-8)6-2-1-3-10-5-6/h1-3,5,7-8,11-12H,4H2,(H,13,14). The minimum absolute atomic E-state index is 0.0322. The fraction of sp³-hybridized carbons (Fsp3) is 0.333. The molecule has 0 aromatic carbocycles.